The summed E-state index contributed by atoms with van der Waals surface area (Å²) in [7, 11) is 0. The Morgan fingerprint density at radius 2 is 1.83 bits per heavy atom. The van der Waals surface area contributed by atoms with Gasteiger partial charge in [-0.15, -0.1) is 0 Å². The summed E-state index contributed by atoms with van der Waals surface area (Å²) >= 11 is 0. The van der Waals surface area contributed by atoms with E-state index in [0.717, 1.165) is 5.56 Å². The van der Waals surface area contributed by atoms with Crippen LogP contribution in [0.5, 0.6) is 5.75 Å². The van der Waals surface area contributed by atoms with E-state index in [1.54, 1.807) is 24.3 Å². The van der Waals surface area contributed by atoms with E-state index in [2.05, 4.69) is 0 Å². The Hall–Kier alpha value is -1.10. The van der Waals surface area contributed by atoms with Crippen LogP contribution >= 0.6 is 0 Å². The molecule has 4 nitrogen and oxygen atoms in total. The van der Waals surface area contributed by atoms with Gasteiger partial charge in [-0.2, -0.15) is 0 Å². The summed E-state index contributed by atoms with van der Waals surface area (Å²) in [5.41, 5.74) is 0.926. The van der Waals surface area contributed by atoms with Gasteiger partial charge in [0.25, 0.3) is 0 Å². The Balaban J connectivity index is 2.48. The van der Waals surface area contributed by atoms with Crippen molar-refractivity contribution in [1.82, 2.24) is 0 Å². The predicted molar refractivity (Wildman–Crippen MR) is 42.8 cm³/mol. The molecule has 0 aromatic heterocycles. The van der Waals surface area contributed by atoms with Gasteiger partial charge in [0.2, 0.25) is 0 Å². The van der Waals surface area contributed by atoms with Gasteiger partial charge in [0, 0.05) is 6.42 Å². The Morgan fingerprint density at radius 1 is 1.25 bits per heavy atom. The molecule has 0 heterocycles. The van der Waals surface area contributed by atoms with Crippen molar-refractivity contribution in [2.24, 2.45) is 0 Å². The third kappa shape index (κ3) is 2.87. The minimum absolute atomic E-state index is 0.130. The van der Waals surface area contributed by atoms with Crippen LogP contribution < -0.4 is 5.23 Å². The second-order valence-corrected chi connectivity index (χ2v) is 2.56. The largest absolute Gasteiger partial charge is 0.600 e. The van der Waals surface area contributed by atoms with E-state index in [-0.39, 0.29) is 12.3 Å². The molecule has 0 aliphatic heterocycles. The van der Waals surface area contributed by atoms with E-state index in [1.807, 2.05) is 0 Å². The molecule has 0 saturated carbocycles. The minimum atomic E-state index is -0.803. The predicted octanol–water partition coefficient (Wildman–Crippen LogP) is -0.293. The standard InChI is InChI=1S/C8H11NO3/c10-8-3-1-7(2-4-8)5-6-9(11)12/h1-4,9-11H,5-6H2. The number of quaternary nitrogens is 1. The second kappa shape index (κ2) is 4.06. The Labute approximate surface area is 70.2 Å². The molecule has 1 unspecified atom stereocenters. The lowest BCUT2D eigenvalue weighted by Gasteiger charge is -2.11. The molecule has 66 valence electrons. The highest BCUT2D eigenvalue weighted by Crippen LogP contribution is 2.09. The van der Waals surface area contributed by atoms with Crippen LogP contribution in [0.15, 0.2) is 24.3 Å². The smallest absolute Gasteiger partial charge is 0.115 e. The molecule has 0 amide bonds. The average molecular weight is 169 g/mol. The Bertz CT molecular complexity index is 233. The second-order valence-electron chi connectivity index (χ2n) is 2.56. The molecule has 0 spiro atoms. The SMILES string of the molecule is [O-][NH+](O)CCc1ccc(O)cc1. The molecular formula is C8H11NO3. The maximum Gasteiger partial charge on any atom is 0.115 e. The number of hydrogen-bond acceptors (Lipinski definition) is 3. The average Bonchev–Trinajstić information content (AvgIpc) is 2.03. The molecule has 1 atom stereocenters. The summed E-state index contributed by atoms with van der Waals surface area (Å²) in [6, 6.07) is 6.55. The fraction of sp³-hybridized carbons (Fsp3) is 0.250. The lowest BCUT2D eigenvalue weighted by atomic mass is 10.1. The third-order valence-corrected chi connectivity index (χ3v) is 1.56. The topological polar surface area (TPSA) is 68.0 Å². The molecule has 0 saturated heterocycles. The first kappa shape index (κ1) is 8.99. The highest BCUT2D eigenvalue weighted by atomic mass is 16.8. The van der Waals surface area contributed by atoms with Crippen molar-refractivity contribution in [3.05, 3.63) is 35.0 Å². The number of hydroxylamine groups is 2. The van der Waals surface area contributed by atoms with Gasteiger partial charge < -0.3 is 10.3 Å². The monoisotopic (exact) mass is 169 g/mol. The number of hydrogen-bond donors (Lipinski definition) is 3. The number of rotatable bonds is 3. The molecule has 4 heteroatoms. The molecule has 0 fully saturated rings. The van der Waals surface area contributed by atoms with Crippen molar-refractivity contribution in [1.29, 1.82) is 0 Å². The van der Waals surface area contributed by atoms with Crippen LogP contribution in [-0.4, -0.2) is 16.9 Å². The maximum absolute atomic E-state index is 10.2. The van der Waals surface area contributed by atoms with Gasteiger partial charge in [0.15, 0.2) is 0 Å². The zero-order chi connectivity index (χ0) is 8.97. The molecule has 1 rings (SSSR count). The minimum Gasteiger partial charge on any atom is -0.600 e. The molecular weight excluding hydrogens is 158 g/mol. The van der Waals surface area contributed by atoms with Crippen molar-refractivity contribution in [2.75, 3.05) is 6.54 Å². The molecule has 0 aliphatic rings. The molecule has 0 radical (unpaired) electrons. The van der Waals surface area contributed by atoms with E-state index in [9.17, 15) is 5.21 Å². The van der Waals surface area contributed by atoms with Crippen LogP contribution in [-0.2, 0) is 6.42 Å². The van der Waals surface area contributed by atoms with E-state index in [1.165, 1.54) is 0 Å². The van der Waals surface area contributed by atoms with Gasteiger partial charge in [0.1, 0.15) is 12.3 Å². The van der Waals surface area contributed by atoms with Crippen LogP contribution in [0.1, 0.15) is 5.56 Å². The number of phenolic OH excluding ortho intramolecular Hbond substituents is 1. The lowest BCUT2D eigenvalue weighted by molar-refractivity contribution is -1.05. The molecule has 1 aromatic rings. The highest BCUT2D eigenvalue weighted by Gasteiger charge is 1.95. The molecule has 1 aromatic carbocycles. The number of nitrogens with one attached hydrogen (secondary N) is 1. The van der Waals surface area contributed by atoms with Gasteiger partial charge in [-0.3, -0.25) is 0 Å². The fourth-order valence-electron chi connectivity index (χ4n) is 0.914. The van der Waals surface area contributed by atoms with Crippen LogP contribution in [0.2, 0.25) is 0 Å². The van der Waals surface area contributed by atoms with Crippen molar-refractivity contribution in [2.45, 2.75) is 6.42 Å². The summed E-state index contributed by atoms with van der Waals surface area (Å²) in [4.78, 5) is 0. The Kier molecular flexibility index (Phi) is 3.04. The first-order valence-electron chi connectivity index (χ1n) is 3.68. The molecule has 0 aliphatic carbocycles. The van der Waals surface area contributed by atoms with E-state index < -0.39 is 5.23 Å². The number of benzene rings is 1. The molecule has 0 bridgehead atoms. The normalized spacial score (nSPS) is 12.8. The van der Waals surface area contributed by atoms with Crippen molar-refractivity contribution in [3.8, 4) is 5.75 Å². The summed E-state index contributed by atoms with van der Waals surface area (Å²) < 4.78 is 0. The highest BCUT2D eigenvalue weighted by molar-refractivity contribution is 5.25. The van der Waals surface area contributed by atoms with Crippen LogP contribution in [0.4, 0.5) is 0 Å². The first-order chi connectivity index (χ1) is 5.68. The van der Waals surface area contributed by atoms with E-state index in [0.29, 0.717) is 6.42 Å². The summed E-state index contributed by atoms with van der Waals surface area (Å²) in [6.07, 6.45) is 0.510. The fourth-order valence-corrected chi connectivity index (χ4v) is 0.914. The van der Waals surface area contributed by atoms with Gasteiger partial charge in [-0.05, 0) is 17.7 Å². The van der Waals surface area contributed by atoms with Gasteiger partial charge in [0.05, 0.1) is 0 Å². The summed E-state index contributed by atoms with van der Waals surface area (Å²) in [5, 5.41) is 26.7. The van der Waals surface area contributed by atoms with Crippen molar-refractivity contribution < 1.29 is 15.5 Å². The summed E-state index contributed by atoms with van der Waals surface area (Å²) in [5.74, 6) is 0.203. The van der Waals surface area contributed by atoms with Crippen molar-refractivity contribution in [3.63, 3.8) is 0 Å². The van der Waals surface area contributed by atoms with Crippen LogP contribution in [0, 0.1) is 5.21 Å². The molecule has 3 N–H and O–H groups in total. The maximum atomic E-state index is 10.2. The Morgan fingerprint density at radius 3 is 2.33 bits per heavy atom. The van der Waals surface area contributed by atoms with E-state index >= 15 is 0 Å². The summed E-state index contributed by atoms with van der Waals surface area (Å²) in [6.45, 7) is 0.130. The van der Waals surface area contributed by atoms with Crippen LogP contribution in [0.3, 0.4) is 0 Å². The number of phenols is 1. The van der Waals surface area contributed by atoms with Gasteiger partial charge >= 0.3 is 0 Å². The van der Waals surface area contributed by atoms with Crippen LogP contribution in [0.25, 0.3) is 0 Å². The number of aromatic hydroxyl groups is 1. The van der Waals surface area contributed by atoms with Gasteiger partial charge in [-0.1, -0.05) is 12.1 Å². The zero-order valence-corrected chi connectivity index (χ0v) is 6.53. The van der Waals surface area contributed by atoms with E-state index in [4.69, 9.17) is 10.3 Å². The third-order valence-electron chi connectivity index (χ3n) is 1.56. The van der Waals surface area contributed by atoms with Crippen molar-refractivity contribution >= 4 is 0 Å². The van der Waals surface area contributed by atoms with Gasteiger partial charge in [-0.25, -0.2) is 10.4 Å². The first-order valence-corrected chi connectivity index (χ1v) is 3.68. The quantitative estimate of drug-likeness (QED) is 0.544. The zero-order valence-electron chi connectivity index (χ0n) is 6.53. The molecule has 12 heavy (non-hydrogen) atoms. The lowest BCUT2D eigenvalue weighted by Crippen LogP contribution is -3.04.